The molecule has 0 aromatic heterocycles. The van der Waals surface area contributed by atoms with Crippen LogP contribution >= 0.6 is 0 Å². The van der Waals surface area contributed by atoms with Crippen molar-refractivity contribution in [1.29, 1.82) is 0 Å². The Hall–Kier alpha value is -0.650. The van der Waals surface area contributed by atoms with Crippen LogP contribution in [0, 0.1) is 0 Å². The lowest BCUT2D eigenvalue weighted by atomic mass is 10.2. The number of morpholine rings is 1. The molecular formula is C12H24N2O3. The van der Waals surface area contributed by atoms with Crippen LogP contribution in [0.5, 0.6) is 0 Å². The first-order chi connectivity index (χ1) is 8.21. The Morgan fingerprint density at radius 2 is 2.18 bits per heavy atom. The Morgan fingerprint density at radius 3 is 2.76 bits per heavy atom. The normalized spacial score (nSPS) is 21.8. The molecule has 5 heteroatoms. The standard InChI is InChI=1S/C12H24N2O3/c1-4-13(5-2)6-7-14-8-9-17-11(10-14)12(15)16-3/h11H,4-10H2,1-3H3. The van der Waals surface area contributed by atoms with E-state index in [1.165, 1.54) is 7.11 Å². The summed E-state index contributed by atoms with van der Waals surface area (Å²) in [6, 6.07) is 0. The number of nitrogens with zero attached hydrogens (tertiary/aromatic N) is 2. The average molecular weight is 244 g/mol. The van der Waals surface area contributed by atoms with E-state index >= 15 is 0 Å². The highest BCUT2D eigenvalue weighted by molar-refractivity contribution is 5.74. The number of rotatable bonds is 6. The maximum atomic E-state index is 11.4. The van der Waals surface area contributed by atoms with E-state index in [1.807, 2.05) is 0 Å². The topological polar surface area (TPSA) is 42.0 Å². The average Bonchev–Trinajstić information content (AvgIpc) is 2.39. The van der Waals surface area contributed by atoms with Crippen LogP contribution in [0.3, 0.4) is 0 Å². The van der Waals surface area contributed by atoms with E-state index in [-0.39, 0.29) is 5.97 Å². The van der Waals surface area contributed by atoms with E-state index < -0.39 is 6.10 Å². The Balaban J connectivity index is 2.31. The van der Waals surface area contributed by atoms with Gasteiger partial charge in [-0.3, -0.25) is 4.90 Å². The minimum Gasteiger partial charge on any atom is -0.467 e. The SMILES string of the molecule is CCN(CC)CCN1CCOC(C(=O)OC)C1. The number of hydrogen-bond donors (Lipinski definition) is 0. The zero-order valence-electron chi connectivity index (χ0n) is 11.1. The van der Waals surface area contributed by atoms with Gasteiger partial charge in [-0.25, -0.2) is 4.79 Å². The van der Waals surface area contributed by atoms with Crippen LogP contribution in [0.25, 0.3) is 0 Å². The highest BCUT2D eigenvalue weighted by Gasteiger charge is 2.27. The van der Waals surface area contributed by atoms with Crippen molar-refractivity contribution in [3.8, 4) is 0 Å². The van der Waals surface area contributed by atoms with Crippen molar-refractivity contribution in [2.45, 2.75) is 20.0 Å². The predicted molar refractivity (Wildman–Crippen MR) is 66.0 cm³/mol. The van der Waals surface area contributed by atoms with Gasteiger partial charge >= 0.3 is 5.97 Å². The van der Waals surface area contributed by atoms with E-state index in [2.05, 4.69) is 23.6 Å². The van der Waals surface area contributed by atoms with Gasteiger partial charge in [0.15, 0.2) is 6.10 Å². The summed E-state index contributed by atoms with van der Waals surface area (Å²) in [6.07, 6.45) is -0.412. The summed E-state index contributed by atoms with van der Waals surface area (Å²) < 4.78 is 10.1. The highest BCUT2D eigenvalue weighted by atomic mass is 16.6. The number of esters is 1. The fraction of sp³-hybridized carbons (Fsp3) is 0.917. The second-order valence-corrected chi connectivity index (χ2v) is 4.21. The molecule has 1 saturated heterocycles. The van der Waals surface area contributed by atoms with Crippen LogP contribution < -0.4 is 0 Å². The van der Waals surface area contributed by atoms with Gasteiger partial charge in [0.25, 0.3) is 0 Å². The molecule has 0 aliphatic carbocycles. The second kappa shape index (κ2) is 7.63. The number of carbonyl (C=O) groups is 1. The maximum absolute atomic E-state index is 11.4. The molecule has 1 aliphatic rings. The largest absolute Gasteiger partial charge is 0.467 e. The minimum atomic E-state index is -0.412. The molecule has 17 heavy (non-hydrogen) atoms. The zero-order valence-corrected chi connectivity index (χ0v) is 11.1. The molecular weight excluding hydrogens is 220 g/mol. The van der Waals surface area contributed by atoms with Crippen LogP contribution in [-0.2, 0) is 14.3 Å². The number of ether oxygens (including phenoxy) is 2. The first kappa shape index (κ1) is 14.4. The minimum absolute atomic E-state index is 0.266. The molecule has 0 saturated carbocycles. The van der Waals surface area contributed by atoms with E-state index in [0.717, 1.165) is 32.7 Å². The van der Waals surface area contributed by atoms with Gasteiger partial charge < -0.3 is 14.4 Å². The van der Waals surface area contributed by atoms with Gasteiger partial charge in [-0.05, 0) is 13.1 Å². The lowest BCUT2D eigenvalue weighted by molar-refractivity contribution is -0.159. The molecule has 0 radical (unpaired) electrons. The molecule has 0 amide bonds. The van der Waals surface area contributed by atoms with Gasteiger partial charge in [-0.15, -0.1) is 0 Å². The lowest BCUT2D eigenvalue weighted by Crippen LogP contribution is -2.48. The molecule has 0 aromatic rings. The second-order valence-electron chi connectivity index (χ2n) is 4.21. The molecule has 0 bridgehead atoms. The Morgan fingerprint density at radius 1 is 1.47 bits per heavy atom. The molecule has 1 atom stereocenters. The fourth-order valence-electron chi connectivity index (χ4n) is 2.00. The molecule has 1 rings (SSSR count). The van der Waals surface area contributed by atoms with Gasteiger partial charge in [0.05, 0.1) is 13.7 Å². The molecule has 1 fully saturated rings. The van der Waals surface area contributed by atoms with E-state index in [9.17, 15) is 4.79 Å². The van der Waals surface area contributed by atoms with Gasteiger partial charge in [0.1, 0.15) is 0 Å². The summed E-state index contributed by atoms with van der Waals surface area (Å²) >= 11 is 0. The smallest absolute Gasteiger partial charge is 0.336 e. The molecule has 1 unspecified atom stereocenters. The summed E-state index contributed by atoms with van der Waals surface area (Å²) in [6.45, 7) is 10.7. The van der Waals surface area contributed by atoms with Gasteiger partial charge in [0.2, 0.25) is 0 Å². The van der Waals surface area contributed by atoms with Gasteiger partial charge in [0, 0.05) is 26.2 Å². The Bertz CT molecular complexity index is 232. The quantitative estimate of drug-likeness (QED) is 0.625. The summed E-state index contributed by atoms with van der Waals surface area (Å²) in [5.74, 6) is -0.266. The number of likely N-dealkylation sites (N-methyl/N-ethyl adjacent to an activating group) is 1. The van der Waals surface area contributed by atoms with Crippen LogP contribution in [0.15, 0.2) is 0 Å². The van der Waals surface area contributed by atoms with Crippen molar-refractivity contribution in [2.75, 3.05) is 53.0 Å². The summed E-state index contributed by atoms with van der Waals surface area (Å²) in [4.78, 5) is 16.0. The Labute approximate surface area is 104 Å². The number of carbonyl (C=O) groups excluding carboxylic acids is 1. The monoisotopic (exact) mass is 244 g/mol. The Kier molecular flexibility index (Phi) is 6.47. The molecule has 0 spiro atoms. The first-order valence-corrected chi connectivity index (χ1v) is 6.35. The van der Waals surface area contributed by atoms with Crippen LogP contribution in [0.4, 0.5) is 0 Å². The summed E-state index contributed by atoms with van der Waals surface area (Å²) in [5, 5.41) is 0. The molecule has 5 nitrogen and oxygen atoms in total. The lowest BCUT2D eigenvalue weighted by Gasteiger charge is -2.32. The number of hydrogen-bond acceptors (Lipinski definition) is 5. The maximum Gasteiger partial charge on any atom is 0.336 e. The third kappa shape index (κ3) is 4.61. The van der Waals surface area contributed by atoms with Crippen LogP contribution in [0.1, 0.15) is 13.8 Å². The van der Waals surface area contributed by atoms with E-state index in [4.69, 9.17) is 9.47 Å². The van der Waals surface area contributed by atoms with Crippen molar-refractivity contribution in [2.24, 2.45) is 0 Å². The highest BCUT2D eigenvalue weighted by Crippen LogP contribution is 2.06. The van der Waals surface area contributed by atoms with Crippen molar-refractivity contribution in [1.82, 2.24) is 9.80 Å². The molecule has 0 N–H and O–H groups in total. The number of methoxy groups -OCH3 is 1. The third-order valence-electron chi connectivity index (χ3n) is 3.24. The van der Waals surface area contributed by atoms with E-state index in [0.29, 0.717) is 13.2 Å². The molecule has 1 heterocycles. The summed E-state index contributed by atoms with van der Waals surface area (Å²) in [5.41, 5.74) is 0. The molecule has 100 valence electrons. The fourth-order valence-corrected chi connectivity index (χ4v) is 2.00. The third-order valence-corrected chi connectivity index (χ3v) is 3.24. The zero-order chi connectivity index (χ0) is 12.7. The van der Waals surface area contributed by atoms with Crippen molar-refractivity contribution in [3.63, 3.8) is 0 Å². The predicted octanol–water partition coefficient (Wildman–Crippen LogP) is 0.202. The van der Waals surface area contributed by atoms with Crippen molar-refractivity contribution < 1.29 is 14.3 Å². The molecule has 0 aromatic carbocycles. The van der Waals surface area contributed by atoms with Crippen LogP contribution in [0.2, 0.25) is 0 Å². The van der Waals surface area contributed by atoms with Crippen molar-refractivity contribution >= 4 is 5.97 Å². The van der Waals surface area contributed by atoms with Crippen molar-refractivity contribution in [3.05, 3.63) is 0 Å². The van der Waals surface area contributed by atoms with Gasteiger partial charge in [-0.2, -0.15) is 0 Å². The molecule has 1 aliphatic heterocycles. The summed E-state index contributed by atoms with van der Waals surface area (Å²) in [7, 11) is 1.40. The van der Waals surface area contributed by atoms with Crippen LogP contribution in [-0.4, -0.2) is 74.9 Å². The van der Waals surface area contributed by atoms with E-state index in [1.54, 1.807) is 0 Å². The van der Waals surface area contributed by atoms with Gasteiger partial charge in [-0.1, -0.05) is 13.8 Å². The first-order valence-electron chi connectivity index (χ1n) is 6.35.